The summed E-state index contributed by atoms with van der Waals surface area (Å²) in [4.78, 5) is 12.0. The van der Waals surface area contributed by atoms with Crippen LogP contribution in [0.25, 0.3) is 0 Å². The lowest BCUT2D eigenvalue weighted by Crippen LogP contribution is -2.36. The van der Waals surface area contributed by atoms with Crippen molar-refractivity contribution < 1.29 is 13.2 Å². The Labute approximate surface area is 104 Å². The zero-order valence-electron chi connectivity index (χ0n) is 10.5. The fraction of sp³-hybridized carbons (Fsp3) is 0.923. The maximum atomic E-state index is 12.0. The number of ketones is 1. The smallest absolute Gasteiger partial charge is 0.156 e. The number of rotatable bonds is 5. The van der Waals surface area contributed by atoms with Crippen molar-refractivity contribution in [1.82, 2.24) is 0 Å². The van der Waals surface area contributed by atoms with E-state index in [1.165, 1.54) is 0 Å². The molecule has 2 aliphatic rings. The van der Waals surface area contributed by atoms with Gasteiger partial charge in [0.15, 0.2) is 9.84 Å². The number of carbonyl (C=O) groups excluding carboxylic acids is 1. The molecule has 0 aromatic rings. The number of hydrogen-bond acceptors (Lipinski definition) is 3. The highest BCUT2D eigenvalue weighted by Crippen LogP contribution is 2.41. The van der Waals surface area contributed by atoms with Gasteiger partial charge in [0.2, 0.25) is 0 Å². The molecule has 2 atom stereocenters. The summed E-state index contributed by atoms with van der Waals surface area (Å²) in [7, 11) is -2.87. The minimum absolute atomic E-state index is 0.0351. The highest BCUT2D eigenvalue weighted by molar-refractivity contribution is 7.93. The Morgan fingerprint density at radius 1 is 1.12 bits per heavy atom. The molecule has 2 heterocycles. The third-order valence-electron chi connectivity index (χ3n) is 4.32. The average molecular weight is 258 g/mol. The van der Waals surface area contributed by atoms with Crippen LogP contribution in [-0.4, -0.2) is 24.7 Å². The van der Waals surface area contributed by atoms with Crippen LogP contribution in [0.15, 0.2) is 0 Å². The molecule has 0 aromatic heterocycles. The monoisotopic (exact) mass is 258 g/mol. The van der Waals surface area contributed by atoms with Crippen molar-refractivity contribution in [2.24, 2.45) is 5.92 Å². The van der Waals surface area contributed by atoms with Crippen LogP contribution in [0.3, 0.4) is 0 Å². The van der Waals surface area contributed by atoms with Crippen molar-refractivity contribution in [1.29, 1.82) is 0 Å². The molecular formula is C13H22O3S. The average Bonchev–Trinajstić information content (AvgIpc) is 2.50. The van der Waals surface area contributed by atoms with Crippen LogP contribution in [0.2, 0.25) is 0 Å². The van der Waals surface area contributed by atoms with Crippen molar-refractivity contribution in [3.8, 4) is 0 Å². The summed E-state index contributed by atoms with van der Waals surface area (Å²) in [6.07, 6.45) is 6.61. The molecule has 2 rings (SSSR count). The summed E-state index contributed by atoms with van der Waals surface area (Å²) in [5.74, 6) is 0.345. The fourth-order valence-corrected chi connectivity index (χ4v) is 5.70. The Hall–Kier alpha value is -0.380. The van der Waals surface area contributed by atoms with E-state index in [0.717, 1.165) is 32.1 Å². The van der Waals surface area contributed by atoms with Crippen LogP contribution in [0, 0.1) is 5.92 Å². The first-order chi connectivity index (χ1) is 8.05. The molecule has 4 heteroatoms. The number of carbonyl (C=O) groups is 1. The van der Waals surface area contributed by atoms with Crippen molar-refractivity contribution >= 4 is 15.6 Å². The molecule has 0 N–H and O–H groups in total. The van der Waals surface area contributed by atoms with Crippen molar-refractivity contribution in [3.05, 3.63) is 0 Å². The maximum Gasteiger partial charge on any atom is 0.156 e. The van der Waals surface area contributed by atoms with Gasteiger partial charge < -0.3 is 0 Å². The minimum atomic E-state index is -2.87. The SMILES string of the molecule is CCCCCC(=O)C1CC2CCC(C1)S2(=O)=O. The highest BCUT2D eigenvalue weighted by Gasteiger charge is 2.48. The second kappa shape index (κ2) is 5.09. The van der Waals surface area contributed by atoms with Crippen LogP contribution >= 0.6 is 0 Å². The molecule has 2 fully saturated rings. The Kier molecular flexibility index (Phi) is 3.91. The summed E-state index contributed by atoms with van der Waals surface area (Å²) < 4.78 is 23.8. The molecule has 2 unspecified atom stereocenters. The number of hydrogen-bond donors (Lipinski definition) is 0. The van der Waals surface area contributed by atoms with Gasteiger partial charge >= 0.3 is 0 Å². The lowest BCUT2D eigenvalue weighted by atomic mass is 9.91. The van der Waals surface area contributed by atoms with Gasteiger partial charge in [-0.15, -0.1) is 0 Å². The molecule has 98 valence electrons. The Morgan fingerprint density at radius 3 is 2.24 bits per heavy atom. The second-order valence-corrected chi connectivity index (χ2v) is 8.01. The van der Waals surface area contributed by atoms with E-state index in [1.807, 2.05) is 0 Å². The van der Waals surface area contributed by atoms with Gasteiger partial charge in [-0.1, -0.05) is 19.8 Å². The normalized spacial score (nSPS) is 34.8. The molecule has 2 bridgehead atoms. The van der Waals surface area contributed by atoms with Gasteiger partial charge in [0.1, 0.15) is 5.78 Å². The number of sulfone groups is 1. The molecule has 3 nitrogen and oxygen atoms in total. The quantitative estimate of drug-likeness (QED) is 0.712. The number of unbranched alkanes of at least 4 members (excludes halogenated alkanes) is 2. The number of Topliss-reactive ketones (excluding diaryl/α,β-unsaturated/α-hetero) is 1. The molecule has 0 amide bonds. The minimum Gasteiger partial charge on any atom is -0.299 e. The topological polar surface area (TPSA) is 51.2 Å². The van der Waals surface area contributed by atoms with Gasteiger partial charge in [0, 0.05) is 12.3 Å². The molecule has 0 saturated carbocycles. The van der Waals surface area contributed by atoms with Crippen molar-refractivity contribution in [3.63, 3.8) is 0 Å². The van der Waals surface area contributed by atoms with Gasteiger partial charge in [0.05, 0.1) is 10.5 Å². The third kappa shape index (κ3) is 2.56. The number of fused-ring (bicyclic) bond motifs is 2. The van der Waals surface area contributed by atoms with E-state index in [4.69, 9.17) is 0 Å². The van der Waals surface area contributed by atoms with Crippen LogP contribution in [-0.2, 0) is 14.6 Å². The predicted molar refractivity (Wildman–Crippen MR) is 67.6 cm³/mol. The first-order valence-corrected chi connectivity index (χ1v) is 8.42. The van der Waals surface area contributed by atoms with E-state index in [0.29, 0.717) is 25.0 Å². The summed E-state index contributed by atoms with van der Waals surface area (Å²) >= 11 is 0. The third-order valence-corrected chi connectivity index (χ3v) is 7.03. The summed E-state index contributed by atoms with van der Waals surface area (Å²) in [6, 6.07) is 0. The second-order valence-electron chi connectivity index (χ2n) is 5.50. The zero-order valence-corrected chi connectivity index (χ0v) is 11.3. The molecule has 0 spiro atoms. The maximum absolute atomic E-state index is 12.0. The van der Waals surface area contributed by atoms with Crippen LogP contribution < -0.4 is 0 Å². The fourth-order valence-electron chi connectivity index (χ4n) is 3.22. The van der Waals surface area contributed by atoms with Gasteiger partial charge in [-0.3, -0.25) is 4.79 Å². The zero-order chi connectivity index (χ0) is 12.5. The van der Waals surface area contributed by atoms with Gasteiger partial charge in [-0.05, 0) is 32.1 Å². The molecule has 0 radical (unpaired) electrons. The predicted octanol–water partition coefficient (Wildman–Crippen LogP) is 2.49. The Balaban J connectivity index is 1.92. The van der Waals surface area contributed by atoms with E-state index in [1.54, 1.807) is 0 Å². The van der Waals surface area contributed by atoms with E-state index >= 15 is 0 Å². The summed E-state index contributed by atoms with van der Waals surface area (Å²) in [5.41, 5.74) is 0. The van der Waals surface area contributed by atoms with Crippen LogP contribution in [0.1, 0.15) is 58.3 Å². The first kappa shape index (κ1) is 13.1. The first-order valence-electron chi connectivity index (χ1n) is 6.81. The van der Waals surface area contributed by atoms with Gasteiger partial charge in [-0.2, -0.15) is 0 Å². The molecule has 0 aromatic carbocycles. The van der Waals surface area contributed by atoms with Gasteiger partial charge in [-0.25, -0.2) is 8.42 Å². The van der Waals surface area contributed by atoms with Gasteiger partial charge in [0.25, 0.3) is 0 Å². The lowest BCUT2D eigenvalue weighted by molar-refractivity contribution is -0.123. The molecule has 2 saturated heterocycles. The van der Waals surface area contributed by atoms with Crippen molar-refractivity contribution in [2.75, 3.05) is 0 Å². The van der Waals surface area contributed by atoms with E-state index in [9.17, 15) is 13.2 Å². The van der Waals surface area contributed by atoms with E-state index < -0.39 is 9.84 Å². The van der Waals surface area contributed by atoms with Crippen LogP contribution in [0.5, 0.6) is 0 Å². The highest BCUT2D eigenvalue weighted by atomic mass is 32.2. The summed E-state index contributed by atoms with van der Waals surface area (Å²) in [5, 5.41) is -0.414. The van der Waals surface area contributed by atoms with Crippen molar-refractivity contribution in [2.45, 2.75) is 68.8 Å². The van der Waals surface area contributed by atoms with E-state index in [-0.39, 0.29) is 16.4 Å². The lowest BCUT2D eigenvalue weighted by Gasteiger charge is -2.26. The standard InChI is InChI=1S/C13H22O3S/c1-2-3-4-5-13(14)10-8-11-6-7-12(9-10)17(11,15)16/h10-12H,2-9H2,1H3. The largest absolute Gasteiger partial charge is 0.299 e. The molecule has 0 aliphatic carbocycles. The molecule has 2 aliphatic heterocycles. The Morgan fingerprint density at radius 2 is 1.71 bits per heavy atom. The van der Waals surface area contributed by atoms with Crippen LogP contribution in [0.4, 0.5) is 0 Å². The summed E-state index contributed by atoms with van der Waals surface area (Å²) in [6.45, 7) is 2.12. The Bertz CT molecular complexity index is 365. The molecule has 17 heavy (non-hydrogen) atoms. The van der Waals surface area contributed by atoms with E-state index in [2.05, 4.69) is 6.92 Å². The molecular weight excluding hydrogens is 236 g/mol.